The monoisotopic (exact) mass is 452 g/mol. The van der Waals surface area contributed by atoms with Crippen LogP contribution >= 0.6 is 23.2 Å². The molecule has 2 amide bonds. The van der Waals surface area contributed by atoms with Crippen molar-refractivity contribution in [1.82, 2.24) is 10.2 Å². The molecule has 0 radical (unpaired) electrons. The molecule has 1 N–H and O–H groups in total. The average molecular weight is 453 g/mol. The molecule has 0 aliphatic carbocycles. The van der Waals surface area contributed by atoms with E-state index in [0.29, 0.717) is 34.5 Å². The van der Waals surface area contributed by atoms with Gasteiger partial charge in [0.2, 0.25) is 11.8 Å². The minimum Gasteiger partial charge on any atom is -0.354 e. The Bertz CT molecular complexity index is 872. The van der Waals surface area contributed by atoms with Crippen LogP contribution in [0.2, 0.25) is 10.0 Å². The van der Waals surface area contributed by atoms with Crippen LogP contribution in [0.15, 0.2) is 42.5 Å². The zero-order chi connectivity index (χ0) is 22.3. The van der Waals surface area contributed by atoms with Gasteiger partial charge in [0.05, 0.1) is 16.5 Å². The highest BCUT2D eigenvalue weighted by atomic mass is 35.5. The third-order valence-corrected chi connectivity index (χ3v) is 5.42. The van der Waals surface area contributed by atoms with Crippen molar-refractivity contribution in [2.75, 3.05) is 6.54 Å². The molecular formula is C23H27Cl2FN2O2. The Balaban J connectivity index is 2.27. The molecule has 30 heavy (non-hydrogen) atoms. The van der Waals surface area contributed by atoms with Crippen molar-refractivity contribution < 1.29 is 14.0 Å². The molecule has 2 rings (SSSR count). The van der Waals surface area contributed by atoms with Crippen LogP contribution < -0.4 is 5.32 Å². The minimum absolute atomic E-state index is 0.0754. The molecule has 2 aromatic carbocycles. The zero-order valence-corrected chi connectivity index (χ0v) is 18.9. The van der Waals surface area contributed by atoms with Crippen molar-refractivity contribution in [2.24, 2.45) is 5.92 Å². The van der Waals surface area contributed by atoms with E-state index in [9.17, 15) is 14.0 Å². The molecule has 1 atom stereocenters. The zero-order valence-electron chi connectivity index (χ0n) is 17.4. The lowest BCUT2D eigenvalue weighted by atomic mass is 10.1. The number of nitrogens with one attached hydrogen (secondary N) is 1. The Morgan fingerprint density at radius 2 is 1.67 bits per heavy atom. The van der Waals surface area contributed by atoms with E-state index in [4.69, 9.17) is 23.2 Å². The molecule has 0 heterocycles. The first-order valence-corrected chi connectivity index (χ1v) is 10.7. The van der Waals surface area contributed by atoms with Crippen LogP contribution in [0, 0.1) is 11.7 Å². The number of amides is 2. The standard InChI is InChI=1S/C23H27Cl2FN2O2/c1-4-21(23(30)27-13-15(2)3)28(14-16-5-8-18(26)9-6-16)22(29)12-17-7-10-19(24)20(25)11-17/h5-11,15,21H,4,12-14H2,1-3H3,(H,27,30)/t21-/m0/s1. The Morgan fingerprint density at radius 1 is 1.03 bits per heavy atom. The first-order chi connectivity index (χ1) is 14.2. The highest BCUT2D eigenvalue weighted by molar-refractivity contribution is 6.42. The van der Waals surface area contributed by atoms with Gasteiger partial charge in [-0.15, -0.1) is 0 Å². The van der Waals surface area contributed by atoms with Crippen molar-refractivity contribution >= 4 is 35.0 Å². The summed E-state index contributed by atoms with van der Waals surface area (Å²) in [6, 6.07) is 10.3. The summed E-state index contributed by atoms with van der Waals surface area (Å²) < 4.78 is 13.3. The normalized spacial score (nSPS) is 12.0. The van der Waals surface area contributed by atoms with Gasteiger partial charge in [0.15, 0.2) is 0 Å². The third-order valence-electron chi connectivity index (χ3n) is 4.68. The fraction of sp³-hybridized carbons (Fsp3) is 0.391. The lowest BCUT2D eigenvalue weighted by Crippen LogP contribution is -2.50. The van der Waals surface area contributed by atoms with Crippen LogP contribution in [-0.4, -0.2) is 29.3 Å². The minimum atomic E-state index is -0.635. The summed E-state index contributed by atoms with van der Waals surface area (Å²) in [7, 11) is 0. The molecule has 0 aliphatic heterocycles. The van der Waals surface area contributed by atoms with Crippen LogP contribution in [0.5, 0.6) is 0 Å². The molecule has 0 aromatic heterocycles. The first kappa shape index (κ1) is 24.2. The van der Waals surface area contributed by atoms with E-state index < -0.39 is 6.04 Å². The van der Waals surface area contributed by atoms with Crippen LogP contribution in [0.1, 0.15) is 38.3 Å². The maximum atomic E-state index is 13.3. The van der Waals surface area contributed by atoms with Gasteiger partial charge in [0.25, 0.3) is 0 Å². The van der Waals surface area contributed by atoms with Gasteiger partial charge >= 0.3 is 0 Å². The van der Waals surface area contributed by atoms with Gasteiger partial charge in [-0.05, 0) is 47.7 Å². The van der Waals surface area contributed by atoms with Gasteiger partial charge in [-0.3, -0.25) is 9.59 Å². The summed E-state index contributed by atoms with van der Waals surface area (Å²) in [4.78, 5) is 27.6. The van der Waals surface area contributed by atoms with Gasteiger partial charge in [-0.1, -0.05) is 62.2 Å². The Hall–Kier alpha value is -2.11. The average Bonchev–Trinajstić information content (AvgIpc) is 2.70. The molecule has 0 unspecified atom stereocenters. The number of nitrogens with zero attached hydrogens (tertiary/aromatic N) is 1. The Labute approximate surface area is 187 Å². The van der Waals surface area contributed by atoms with Crippen LogP contribution in [0.4, 0.5) is 4.39 Å². The van der Waals surface area contributed by atoms with Crippen LogP contribution in [0.3, 0.4) is 0 Å². The molecule has 0 fully saturated rings. The molecule has 0 spiro atoms. The molecule has 0 saturated carbocycles. The van der Waals surface area contributed by atoms with Crippen LogP contribution in [-0.2, 0) is 22.6 Å². The lowest BCUT2D eigenvalue weighted by Gasteiger charge is -2.31. The van der Waals surface area contributed by atoms with Gasteiger partial charge in [-0.25, -0.2) is 4.39 Å². The summed E-state index contributed by atoms with van der Waals surface area (Å²) in [5.74, 6) is -0.474. The molecular weight excluding hydrogens is 426 g/mol. The maximum absolute atomic E-state index is 13.3. The van der Waals surface area contributed by atoms with E-state index in [0.717, 1.165) is 5.56 Å². The third kappa shape index (κ3) is 6.99. The van der Waals surface area contributed by atoms with E-state index in [1.165, 1.54) is 12.1 Å². The molecule has 4 nitrogen and oxygen atoms in total. The van der Waals surface area contributed by atoms with E-state index in [-0.39, 0.29) is 30.6 Å². The van der Waals surface area contributed by atoms with Crippen molar-refractivity contribution in [1.29, 1.82) is 0 Å². The van der Waals surface area contributed by atoms with Gasteiger partial charge in [0, 0.05) is 13.1 Å². The Kier molecular flexibility index (Phi) is 9.12. The van der Waals surface area contributed by atoms with Gasteiger partial charge < -0.3 is 10.2 Å². The van der Waals surface area contributed by atoms with E-state index in [2.05, 4.69) is 5.32 Å². The number of carbonyl (C=O) groups is 2. The summed E-state index contributed by atoms with van der Waals surface area (Å²) in [6.45, 7) is 6.61. The molecule has 7 heteroatoms. The Morgan fingerprint density at radius 3 is 2.23 bits per heavy atom. The van der Waals surface area contributed by atoms with E-state index in [1.54, 1.807) is 35.2 Å². The fourth-order valence-corrected chi connectivity index (χ4v) is 3.37. The maximum Gasteiger partial charge on any atom is 0.242 e. The van der Waals surface area contributed by atoms with E-state index >= 15 is 0 Å². The predicted molar refractivity (Wildman–Crippen MR) is 119 cm³/mol. The smallest absolute Gasteiger partial charge is 0.242 e. The van der Waals surface area contributed by atoms with Gasteiger partial charge in [-0.2, -0.15) is 0 Å². The largest absolute Gasteiger partial charge is 0.354 e. The van der Waals surface area contributed by atoms with E-state index in [1.807, 2.05) is 20.8 Å². The highest BCUT2D eigenvalue weighted by Gasteiger charge is 2.28. The molecule has 0 bridgehead atoms. The van der Waals surface area contributed by atoms with Crippen LogP contribution in [0.25, 0.3) is 0 Å². The topological polar surface area (TPSA) is 49.4 Å². The number of carbonyl (C=O) groups excluding carboxylic acids is 2. The molecule has 2 aromatic rings. The number of rotatable bonds is 9. The second kappa shape index (κ2) is 11.3. The molecule has 0 aliphatic rings. The summed E-state index contributed by atoms with van der Waals surface area (Å²) in [5.41, 5.74) is 1.45. The van der Waals surface area contributed by atoms with Crippen molar-refractivity contribution in [3.63, 3.8) is 0 Å². The summed E-state index contributed by atoms with van der Waals surface area (Å²) >= 11 is 12.0. The second-order valence-electron chi connectivity index (χ2n) is 7.64. The number of benzene rings is 2. The van der Waals surface area contributed by atoms with Crippen molar-refractivity contribution in [3.05, 3.63) is 69.5 Å². The quantitative estimate of drug-likeness (QED) is 0.564. The predicted octanol–water partition coefficient (Wildman–Crippen LogP) is 5.25. The van der Waals surface area contributed by atoms with Crippen molar-refractivity contribution in [3.8, 4) is 0 Å². The number of hydrogen-bond acceptors (Lipinski definition) is 2. The summed E-state index contributed by atoms with van der Waals surface area (Å²) in [6.07, 6.45) is 0.532. The number of halogens is 3. The SMILES string of the molecule is CC[C@@H](C(=O)NCC(C)C)N(Cc1ccc(F)cc1)C(=O)Cc1ccc(Cl)c(Cl)c1. The first-order valence-electron chi connectivity index (χ1n) is 9.96. The fourth-order valence-electron chi connectivity index (χ4n) is 3.05. The number of hydrogen-bond donors (Lipinski definition) is 1. The summed E-state index contributed by atoms with van der Waals surface area (Å²) in [5, 5.41) is 3.69. The highest BCUT2D eigenvalue weighted by Crippen LogP contribution is 2.23. The molecule has 0 saturated heterocycles. The van der Waals surface area contributed by atoms with Crippen molar-refractivity contribution in [2.45, 2.75) is 46.2 Å². The lowest BCUT2D eigenvalue weighted by molar-refractivity contribution is -0.141. The molecule has 162 valence electrons. The van der Waals surface area contributed by atoms with Gasteiger partial charge in [0.1, 0.15) is 11.9 Å². The second-order valence-corrected chi connectivity index (χ2v) is 8.45.